The first-order valence-corrected chi connectivity index (χ1v) is 22.5. The summed E-state index contributed by atoms with van der Waals surface area (Å²) in [7, 11) is -2.41. The van der Waals surface area contributed by atoms with Gasteiger partial charge in [0.1, 0.15) is 12.0 Å². The smallest absolute Gasteiger partial charge is 0.356 e. The Bertz CT molecular complexity index is 1730. The van der Waals surface area contributed by atoms with E-state index < -0.39 is 62.5 Å². The van der Waals surface area contributed by atoms with Gasteiger partial charge in [-0.2, -0.15) is 0 Å². The SMILES string of the molecule is C=CCOC(=O)C(N1C(=O)[C@H]([C@@H](C)O[Si](C)(C)C(C)(C)C)[C@@H]1[C@@H](C)C(=O)OC(=O)C(C)(C)C)=P(c1ccccc1)(c1ccccc1)c1ccccc1. The summed E-state index contributed by atoms with van der Waals surface area (Å²) in [5.41, 5.74) is -0.811. The van der Waals surface area contributed by atoms with E-state index >= 15 is 4.79 Å². The number of benzene rings is 3. The Balaban J connectivity index is 2.13. The van der Waals surface area contributed by atoms with Gasteiger partial charge in [0.25, 0.3) is 0 Å². The van der Waals surface area contributed by atoms with Crippen LogP contribution >= 0.6 is 6.89 Å². The third kappa shape index (κ3) is 7.97. The maximum atomic E-state index is 15.0. The molecule has 3 aromatic rings. The van der Waals surface area contributed by atoms with E-state index in [-0.39, 0.29) is 23.0 Å². The minimum Gasteiger partial charge on any atom is -0.457 e. The number of esters is 3. The molecule has 3 aromatic carbocycles. The average Bonchev–Trinajstić information content (AvgIpc) is 3.09. The molecule has 1 saturated heterocycles. The predicted molar refractivity (Wildman–Crippen MR) is 213 cm³/mol. The van der Waals surface area contributed by atoms with Crippen molar-refractivity contribution in [1.82, 2.24) is 4.90 Å². The van der Waals surface area contributed by atoms with Gasteiger partial charge in [-0.25, -0.2) is 4.79 Å². The van der Waals surface area contributed by atoms with Crippen molar-refractivity contribution in [3.05, 3.63) is 104 Å². The van der Waals surface area contributed by atoms with Crippen molar-refractivity contribution in [2.24, 2.45) is 17.3 Å². The number of ether oxygens (including phenoxy) is 2. The van der Waals surface area contributed by atoms with Gasteiger partial charge in [0, 0.05) is 6.89 Å². The highest BCUT2D eigenvalue weighted by Crippen LogP contribution is 2.51. The molecule has 1 aliphatic rings. The molecule has 10 heteroatoms. The number of hydrogen-bond acceptors (Lipinski definition) is 7. The first kappa shape index (κ1) is 40.7. The van der Waals surface area contributed by atoms with Gasteiger partial charge in [-0.1, -0.05) is 124 Å². The van der Waals surface area contributed by atoms with Gasteiger partial charge in [0.15, 0.2) is 8.32 Å². The zero-order chi connectivity index (χ0) is 38.6. The van der Waals surface area contributed by atoms with Crippen LogP contribution in [-0.4, -0.2) is 61.2 Å². The summed E-state index contributed by atoms with van der Waals surface area (Å²) in [6.07, 6.45) is 0.862. The van der Waals surface area contributed by atoms with Crippen molar-refractivity contribution in [2.75, 3.05) is 6.61 Å². The van der Waals surface area contributed by atoms with E-state index in [2.05, 4.69) is 40.4 Å². The number of rotatable bonds is 12. The second-order valence-corrected chi connectivity index (χ2v) is 24.0. The molecule has 8 nitrogen and oxygen atoms in total. The molecular weight excluding hydrogens is 690 g/mol. The van der Waals surface area contributed by atoms with Crippen molar-refractivity contribution >= 4 is 60.3 Å². The summed E-state index contributed by atoms with van der Waals surface area (Å²) < 4.78 is 18.2. The van der Waals surface area contributed by atoms with Crippen molar-refractivity contribution < 1.29 is 33.1 Å². The summed E-state index contributed by atoms with van der Waals surface area (Å²) >= 11 is 0. The number of hydrogen-bond donors (Lipinski definition) is 0. The van der Waals surface area contributed by atoms with Gasteiger partial charge in [0.2, 0.25) is 5.91 Å². The first-order chi connectivity index (χ1) is 24.3. The van der Waals surface area contributed by atoms with E-state index in [4.69, 9.17) is 13.9 Å². The zero-order valence-corrected chi connectivity index (χ0v) is 34.1. The molecule has 0 aromatic heterocycles. The lowest BCUT2D eigenvalue weighted by Crippen LogP contribution is -2.71. The molecule has 0 bridgehead atoms. The lowest BCUT2D eigenvalue weighted by Gasteiger charge is -2.54. The second-order valence-electron chi connectivity index (χ2n) is 15.9. The molecule has 1 heterocycles. The van der Waals surface area contributed by atoms with E-state index in [1.165, 1.54) is 11.0 Å². The molecule has 4 rings (SSSR count). The third-order valence-electron chi connectivity index (χ3n) is 10.2. The molecule has 1 amide bonds. The molecule has 0 aliphatic carbocycles. The molecule has 0 saturated carbocycles. The monoisotopic (exact) mass is 743 g/mol. The first-order valence-electron chi connectivity index (χ1n) is 17.8. The lowest BCUT2D eigenvalue weighted by molar-refractivity contribution is -0.175. The molecule has 0 spiro atoms. The Morgan fingerprint density at radius 1 is 0.827 bits per heavy atom. The summed E-state index contributed by atoms with van der Waals surface area (Å²) in [5.74, 6) is -4.38. The van der Waals surface area contributed by atoms with Crippen LogP contribution in [0.1, 0.15) is 55.4 Å². The molecule has 0 radical (unpaired) electrons. The zero-order valence-electron chi connectivity index (χ0n) is 32.2. The van der Waals surface area contributed by atoms with E-state index in [1.54, 1.807) is 27.7 Å². The van der Waals surface area contributed by atoms with Crippen molar-refractivity contribution in [3.8, 4) is 0 Å². The number of carbonyl (C=O) groups excluding carboxylic acids is 4. The Hall–Kier alpha value is -4.04. The van der Waals surface area contributed by atoms with Crippen LogP contribution in [0.4, 0.5) is 0 Å². The van der Waals surface area contributed by atoms with E-state index in [9.17, 15) is 14.4 Å². The van der Waals surface area contributed by atoms with Crippen LogP contribution in [-0.2, 0) is 33.1 Å². The Kier molecular flexibility index (Phi) is 12.5. The maximum absolute atomic E-state index is 15.0. The summed E-state index contributed by atoms with van der Waals surface area (Å²) in [5, 5.41) is 2.29. The minimum absolute atomic E-state index is 0.0978. The fourth-order valence-electron chi connectivity index (χ4n) is 6.35. The second kappa shape index (κ2) is 15.9. The number of amides is 1. The molecule has 1 fully saturated rings. The molecule has 1 aliphatic heterocycles. The lowest BCUT2D eigenvalue weighted by atomic mass is 9.76. The Labute approximate surface area is 310 Å². The molecular formula is C42H54NO7PSi. The van der Waals surface area contributed by atoms with E-state index in [0.29, 0.717) is 0 Å². The van der Waals surface area contributed by atoms with Crippen LogP contribution in [0.15, 0.2) is 104 Å². The van der Waals surface area contributed by atoms with Crippen LogP contribution in [0.25, 0.3) is 0 Å². The van der Waals surface area contributed by atoms with Crippen LogP contribution in [0.2, 0.25) is 18.1 Å². The number of carbonyl (C=O) groups is 4. The van der Waals surface area contributed by atoms with Crippen LogP contribution in [0.5, 0.6) is 0 Å². The van der Waals surface area contributed by atoms with Gasteiger partial charge < -0.3 is 18.8 Å². The van der Waals surface area contributed by atoms with Gasteiger partial charge in [-0.3, -0.25) is 14.4 Å². The summed E-state index contributed by atoms with van der Waals surface area (Å²) in [6, 6.07) is 28.1. The fraction of sp³-hybridized carbons (Fsp3) is 0.405. The molecule has 278 valence electrons. The van der Waals surface area contributed by atoms with Crippen LogP contribution in [0.3, 0.4) is 0 Å². The largest absolute Gasteiger partial charge is 0.457 e. The number of β-lactam (4-membered cyclic amide) rings is 1. The summed E-state index contributed by atoms with van der Waals surface area (Å²) in [6.45, 7) is 19.5. The summed E-state index contributed by atoms with van der Waals surface area (Å²) in [4.78, 5) is 58.4. The topological polar surface area (TPSA) is 99.2 Å². The standard InChI is InChI=1S/C42H54NO7PSi/c1-12-28-48-39(46)37(51(31-22-16-13-17-23-31,32-24-18-14-19-25-32)33-26-20-15-21-27-33)43-35(29(2)38(45)49-40(47)41(4,5)6)34(36(43)44)30(3)50-52(10,11)42(7,8)9/h12-27,29-30,34-35H,1,28H2,2-11H3/t29-,30-,34-,35+/m1/s1. The number of likely N-dealkylation sites (tertiary alicyclic amines) is 1. The van der Waals surface area contributed by atoms with Crippen molar-refractivity contribution in [2.45, 2.75) is 85.7 Å². The minimum atomic E-state index is -3.24. The van der Waals surface area contributed by atoms with Gasteiger partial charge in [0.05, 0.1) is 29.4 Å². The third-order valence-corrected chi connectivity index (χ3v) is 19.0. The molecule has 52 heavy (non-hydrogen) atoms. The molecule has 0 N–H and O–H groups in total. The molecule has 4 atom stereocenters. The van der Waals surface area contributed by atoms with Crippen LogP contribution in [0, 0.1) is 17.3 Å². The number of nitrogens with zero attached hydrogens (tertiary/aromatic N) is 1. The van der Waals surface area contributed by atoms with Crippen LogP contribution < -0.4 is 15.9 Å². The van der Waals surface area contributed by atoms with Gasteiger partial charge in [-0.05, 0) is 68.7 Å². The highest BCUT2D eigenvalue weighted by atomic mass is 31.2. The van der Waals surface area contributed by atoms with E-state index in [1.807, 2.05) is 97.9 Å². The van der Waals surface area contributed by atoms with Crippen molar-refractivity contribution in [3.63, 3.8) is 0 Å². The van der Waals surface area contributed by atoms with Gasteiger partial charge in [-0.15, -0.1) is 0 Å². The van der Waals surface area contributed by atoms with E-state index in [0.717, 1.165) is 15.9 Å². The molecule has 0 unspecified atom stereocenters. The Morgan fingerprint density at radius 2 is 1.27 bits per heavy atom. The Morgan fingerprint density at radius 3 is 1.65 bits per heavy atom. The maximum Gasteiger partial charge on any atom is 0.356 e. The normalized spacial score (nSPS) is 17.7. The van der Waals surface area contributed by atoms with Crippen molar-refractivity contribution in [1.29, 1.82) is 0 Å². The fourth-order valence-corrected chi connectivity index (χ4v) is 12.2. The average molecular weight is 744 g/mol. The van der Waals surface area contributed by atoms with Gasteiger partial charge >= 0.3 is 17.9 Å². The highest BCUT2D eigenvalue weighted by molar-refractivity contribution is 7.96. The highest BCUT2D eigenvalue weighted by Gasteiger charge is 2.60. The quantitative estimate of drug-likeness (QED) is 0.0501. The predicted octanol–water partition coefficient (Wildman–Crippen LogP) is 6.83.